The van der Waals surface area contributed by atoms with Crippen molar-refractivity contribution in [2.45, 2.75) is 33.2 Å². The van der Waals surface area contributed by atoms with Gasteiger partial charge >= 0.3 is 0 Å². The molecular weight excluding hydrogens is 264 g/mol. The second kappa shape index (κ2) is 8.25. The van der Waals surface area contributed by atoms with Gasteiger partial charge in [-0.15, -0.1) is 0 Å². The Balaban J connectivity index is 1.95. The Morgan fingerprint density at radius 2 is 2.05 bits per heavy atom. The smallest absolute Gasteiger partial charge is 0.161 e. The number of piperidine rings is 1. The highest BCUT2D eigenvalue weighted by Gasteiger charge is 2.16. The molecule has 1 aromatic carbocycles. The number of rotatable bonds is 7. The van der Waals surface area contributed by atoms with Crippen molar-refractivity contribution in [2.24, 2.45) is 5.92 Å². The fourth-order valence-corrected chi connectivity index (χ4v) is 2.92. The molecule has 1 heterocycles. The van der Waals surface area contributed by atoms with Gasteiger partial charge in [0.15, 0.2) is 11.5 Å². The van der Waals surface area contributed by atoms with Gasteiger partial charge in [-0.05, 0) is 63.0 Å². The summed E-state index contributed by atoms with van der Waals surface area (Å²) < 4.78 is 5.47. The minimum atomic E-state index is 0.224. The van der Waals surface area contributed by atoms with Gasteiger partial charge in [-0.3, -0.25) is 4.90 Å². The second-order valence-corrected chi connectivity index (χ2v) is 5.76. The van der Waals surface area contributed by atoms with Gasteiger partial charge in [-0.25, -0.2) is 0 Å². The Labute approximate surface area is 128 Å². The molecule has 0 aliphatic carbocycles. The highest BCUT2D eigenvalue weighted by molar-refractivity contribution is 5.41. The lowest BCUT2D eigenvalue weighted by Gasteiger charge is -2.29. The number of phenolic OH excluding ortho intramolecular Hbond substituents is 1. The van der Waals surface area contributed by atoms with E-state index >= 15 is 0 Å². The van der Waals surface area contributed by atoms with Crippen LogP contribution in [-0.2, 0) is 6.54 Å². The van der Waals surface area contributed by atoms with E-state index in [0.717, 1.165) is 38.6 Å². The molecular formula is C17H28N2O2. The van der Waals surface area contributed by atoms with Crippen molar-refractivity contribution in [3.05, 3.63) is 23.8 Å². The van der Waals surface area contributed by atoms with Gasteiger partial charge < -0.3 is 15.2 Å². The minimum absolute atomic E-state index is 0.224. The Bertz CT molecular complexity index is 431. The van der Waals surface area contributed by atoms with E-state index in [-0.39, 0.29) is 5.75 Å². The Kier molecular flexibility index (Phi) is 6.33. The molecule has 0 aromatic heterocycles. The molecule has 1 aromatic rings. The van der Waals surface area contributed by atoms with Gasteiger partial charge in [0.2, 0.25) is 0 Å². The summed E-state index contributed by atoms with van der Waals surface area (Å²) in [5.41, 5.74) is 1.20. The van der Waals surface area contributed by atoms with Crippen molar-refractivity contribution in [3.63, 3.8) is 0 Å². The molecule has 0 atom stereocenters. The summed E-state index contributed by atoms with van der Waals surface area (Å²) in [5, 5.41) is 13.2. The Morgan fingerprint density at radius 3 is 2.71 bits per heavy atom. The standard InChI is InChI=1S/C17H28N2O2/c1-3-19(12-14-7-9-18-10-8-14)13-15-5-6-16(20)17(11-15)21-4-2/h5-6,11,14,18,20H,3-4,7-10,12-13H2,1-2H3. The van der Waals surface area contributed by atoms with Crippen LogP contribution >= 0.6 is 0 Å². The monoisotopic (exact) mass is 292 g/mol. The van der Waals surface area contributed by atoms with E-state index in [4.69, 9.17) is 4.74 Å². The molecule has 0 amide bonds. The number of hydrogen-bond acceptors (Lipinski definition) is 4. The molecule has 0 saturated carbocycles. The van der Waals surface area contributed by atoms with Crippen molar-refractivity contribution >= 4 is 0 Å². The van der Waals surface area contributed by atoms with Crippen LogP contribution < -0.4 is 10.1 Å². The van der Waals surface area contributed by atoms with Gasteiger partial charge in [0.25, 0.3) is 0 Å². The van der Waals surface area contributed by atoms with Gasteiger partial charge in [0.05, 0.1) is 6.61 Å². The molecule has 0 bridgehead atoms. The van der Waals surface area contributed by atoms with Crippen LogP contribution in [0.4, 0.5) is 0 Å². The van der Waals surface area contributed by atoms with Crippen LogP contribution in [0, 0.1) is 5.92 Å². The van der Waals surface area contributed by atoms with Crippen molar-refractivity contribution in [1.82, 2.24) is 10.2 Å². The molecule has 4 nitrogen and oxygen atoms in total. The normalized spacial score (nSPS) is 16.3. The number of nitrogens with zero attached hydrogens (tertiary/aromatic N) is 1. The predicted molar refractivity (Wildman–Crippen MR) is 85.8 cm³/mol. The summed E-state index contributed by atoms with van der Waals surface area (Å²) in [7, 11) is 0. The summed E-state index contributed by atoms with van der Waals surface area (Å²) in [5.74, 6) is 1.62. The van der Waals surface area contributed by atoms with Crippen LogP contribution in [0.15, 0.2) is 18.2 Å². The summed E-state index contributed by atoms with van der Waals surface area (Å²) >= 11 is 0. The Morgan fingerprint density at radius 1 is 1.29 bits per heavy atom. The largest absolute Gasteiger partial charge is 0.504 e. The third-order valence-electron chi connectivity index (χ3n) is 4.15. The van der Waals surface area contributed by atoms with E-state index in [0.29, 0.717) is 12.4 Å². The van der Waals surface area contributed by atoms with E-state index in [9.17, 15) is 5.11 Å². The molecule has 0 radical (unpaired) electrons. The fraction of sp³-hybridized carbons (Fsp3) is 0.647. The van der Waals surface area contributed by atoms with Crippen LogP contribution in [-0.4, -0.2) is 42.8 Å². The number of benzene rings is 1. The summed E-state index contributed by atoms with van der Waals surface area (Å²) in [6.07, 6.45) is 2.55. The second-order valence-electron chi connectivity index (χ2n) is 5.76. The predicted octanol–water partition coefficient (Wildman–Crippen LogP) is 2.61. The van der Waals surface area contributed by atoms with Crippen LogP contribution in [0.2, 0.25) is 0 Å². The molecule has 2 rings (SSSR count). The first-order valence-corrected chi connectivity index (χ1v) is 8.10. The molecule has 2 N–H and O–H groups in total. The molecule has 118 valence electrons. The number of ether oxygens (including phenoxy) is 1. The first kappa shape index (κ1) is 16.1. The molecule has 21 heavy (non-hydrogen) atoms. The zero-order valence-corrected chi connectivity index (χ0v) is 13.3. The van der Waals surface area contributed by atoms with Crippen LogP contribution in [0.1, 0.15) is 32.3 Å². The fourth-order valence-electron chi connectivity index (χ4n) is 2.92. The van der Waals surface area contributed by atoms with Gasteiger partial charge in [-0.1, -0.05) is 13.0 Å². The van der Waals surface area contributed by atoms with Crippen LogP contribution in [0.5, 0.6) is 11.5 Å². The van der Waals surface area contributed by atoms with E-state index in [1.54, 1.807) is 6.07 Å². The van der Waals surface area contributed by atoms with E-state index < -0.39 is 0 Å². The molecule has 1 fully saturated rings. The number of nitrogens with one attached hydrogen (secondary N) is 1. The third-order valence-corrected chi connectivity index (χ3v) is 4.15. The van der Waals surface area contributed by atoms with Gasteiger partial charge in [0.1, 0.15) is 0 Å². The molecule has 1 saturated heterocycles. The highest BCUT2D eigenvalue weighted by Crippen LogP contribution is 2.27. The van der Waals surface area contributed by atoms with Crippen molar-refractivity contribution in [2.75, 3.05) is 32.8 Å². The zero-order valence-electron chi connectivity index (χ0n) is 13.3. The van der Waals surface area contributed by atoms with Crippen molar-refractivity contribution in [3.8, 4) is 11.5 Å². The summed E-state index contributed by atoms with van der Waals surface area (Å²) in [6, 6.07) is 5.69. The van der Waals surface area contributed by atoms with Crippen molar-refractivity contribution in [1.29, 1.82) is 0 Å². The summed E-state index contributed by atoms with van der Waals surface area (Å²) in [6.45, 7) is 10.1. The Hall–Kier alpha value is -1.26. The quantitative estimate of drug-likeness (QED) is 0.811. The number of aromatic hydroxyl groups is 1. The molecule has 4 heteroatoms. The zero-order chi connectivity index (χ0) is 15.1. The maximum atomic E-state index is 9.77. The maximum absolute atomic E-state index is 9.77. The van der Waals surface area contributed by atoms with E-state index in [1.807, 2.05) is 19.1 Å². The molecule has 0 spiro atoms. The topological polar surface area (TPSA) is 44.7 Å². The number of hydrogen-bond donors (Lipinski definition) is 2. The lowest BCUT2D eigenvalue weighted by Crippen LogP contribution is -2.35. The number of phenols is 1. The first-order chi connectivity index (χ1) is 10.2. The minimum Gasteiger partial charge on any atom is -0.504 e. The average Bonchev–Trinajstić information content (AvgIpc) is 2.51. The SMILES string of the molecule is CCOc1cc(CN(CC)CC2CCNCC2)ccc1O. The first-order valence-electron chi connectivity index (χ1n) is 8.10. The molecule has 1 aliphatic heterocycles. The van der Waals surface area contributed by atoms with Crippen molar-refractivity contribution < 1.29 is 9.84 Å². The lowest BCUT2D eigenvalue weighted by atomic mass is 9.97. The molecule has 0 unspecified atom stereocenters. The maximum Gasteiger partial charge on any atom is 0.161 e. The van der Waals surface area contributed by atoms with Crippen LogP contribution in [0.3, 0.4) is 0 Å². The molecule has 1 aliphatic rings. The highest BCUT2D eigenvalue weighted by atomic mass is 16.5. The lowest BCUT2D eigenvalue weighted by molar-refractivity contribution is 0.206. The van der Waals surface area contributed by atoms with E-state index in [2.05, 4.69) is 17.1 Å². The van der Waals surface area contributed by atoms with E-state index in [1.165, 1.54) is 18.4 Å². The third kappa shape index (κ3) is 4.90. The van der Waals surface area contributed by atoms with Gasteiger partial charge in [0, 0.05) is 13.1 Å². The van der Waals surface area contributed by atoms with Gasteiger partial charge in [-0.2, -0.15) is 0 Å². The summed E-state index contributed by atoms with van der Waals surface area (Å²) in [4.78, 5) is 2.48. The average molecular weight is 292 g/mol. The van der Waals surface area contributed by atoms with Crippen LogP contribution in [0.25, 0.3) is 0 Å².